The maximum Gasteiger partial charge on any atom is 0.00924 e. The van der Waals surface area contributed by atoms with Crippen LogP contribution in [0.5, 0.6) is 0 Å². The summed E-state index contributed by atoms with van der Waals surface area (Å²) in [5.41, 5.74) is 2.91. The molecule has 1 aliphatic rings. The predicted octanol–water partition coefficient (Wildman–Crippen LogP) is 4.94. The molecule has 1 fully saturated rings. The number of benzene rings is 2. The normalized spacial score (nSPS) is 19.2. The summed E-state index contributed by atoms with van der Waals surface area (Å²) in [5, 5.41) is 0. The molecule has 3 rings (SSSR count). The molecule has 0 aromatic heterocycles. The molecular formula is C21H27N. The molecule has 2 aromatic carbocycles. The summed E-state index contributed by atoms with van der Waals surface area (Å²) in [5.74, 6) is 1.34. The molecule has 0 bridgehead atoms. The van der Waals surface area contributed by atoms with Gasteiger partial charge in [0.2, 0.25) is 0 Å². The fraction of sp³-hybridized carbons (Fsp3) is 0.429. The second-order valence-corrected chi connectivity index (χ2v) is 6.85. The van der Waals surface area contributed by atoms with Crippen molar-refractivity contribution in [3.63, 3.8) is 0 Å². The Morgan fingerprint density at radius 3 is 1.91 bits per heavy atom. The highest BCUT2D eigenvalue weighted by atomic mass is 15.2. The summed E-state index contributed by atoms with van der Waals surface area (Å²) in [6, 6.07) is 22.7. The minimum absolute atomic E-state index is 0.527. The van der Waals surface area contributed by atoms with Gasteiger partial charge in [-0.1, -0.05) is 60.7 Å². The molecule has 1 atom stereocenters. The van der Waals surface area contributed by atoms with Crippen LogP contribution in [0.3, 0.4) is 0 Å². The molecule has 0 spiro atoms. The minimum Gasteiger partial charge on any atom is -0.301 e. The zero-order valence-corrected chi connectivity index (χ0v) is 13.8. The lowest BCUT2D eigenvalue weighted by Crippen LogP contribution is -2.28. The van der Waals surface area contributed by atoms with Crippen LogP contribution in [0, 0.1) is 5.92 Å². The Morgan fingerprint density at radius 2 is 1.45 bits per heavy atom. The van der Waals surface area contributed by atoms with E-state index in [0.717, 1.165) is 5.92 Å². The summed E-state index contributed by atoms with van der Waals surface area (Å²) in [6.07, 6.45) is 2.60. The van der Waals surface area contributed by atoms with E-state index in [2.05, 4.69) is 79.4 Å². The van der Waals surface area contributed by atoms with Crippen LogP contribution in [-0.4, -0.2) is 24.0 Å². The van der Waals surface area contributed by atoms with Gasteiger partial charge in [0, 0.05) is 18.5 Å². The van der Waals surface area contributed by atoms with Gasteiger partial charge in [-0.25, -0.2) is 0 Å². The first-order valence-electron chi connectivity index (χ1n) is 8.58. The van der Waals surface area contributed by atoms with Gasteiger partial charge in [0.1, 0.15) is 0 Å². The first-order chi connectivity index (χ1) is 10.7. The van der Waals surface area contributed by atoms with Crippen LogP contribution in [0.15, 0.2) is 60.7 Å². The van der Waals surface area contributed by atoms with Crippen LogP contribution in [0.1, 0.15) is 43.7 Å². The van der Waals surface area contributed by atoms with Crippen LogP contribution in [-0.2, 0) is 0 Å². The Hall–Kier alpha value is -1.60. The second-order valence-electron chi connectivity index (χ2n) is 6.85. The summed E-state index contributed by atoms with van der Waals surface area (Å²) in [6.45, 7) is 7.15. The van der Waals surface area contributed by atoms with Gasteiger partial charge >= 0.3 is 0 Å². The van der Waals surface area contributed by atoms with E-state index in [9.17, 15) is 0 Å². The molecule has 1 nitrogen and oxygen atoms in total. The molecule has 2 aromatic rings. The molecule has 116 valence electrons. The Labute approximate surface area is 135 Å². The van der Waals surface area contributed by atoms with Gasteiger partial charge in [-0.2, -0.15) is 0 Å². The Kier molecular flexibility index (Phi) is 4.94. The second kappa shape index (κ2) is 7.11. The van der Waals surface area contributed by atoms with Crippen molar-refractivity contribution >= 4 is 0 Å². The van der Waals surface area contributed by atoms with Crippen molar-refractivity contribution in [2.24, 2.45) is 5.92 Å². The van der Waals surface area contributed by atoms with Crippen molar-refractivity contribution in [2.75, 3.05) is 13.1 Å². The van der Waals surface area contributed by atoms with Gasteiger partial charge in [-0.05, 0) is 50.3 Å². The molecule has 1 saturated heterocycles. The summed E-state index contributed by atoms with van der Waals surface area (Å²) in [4.78, 5) is 2.62. The van der Waals surface area contributed by atoms with Gasteiger partial charge in [0.05, 0.1) is 0 Å². The fourth-order valence-electron chi connectivity index (χ4n) is 3.69. The minimum atomic E-state index is 0.527. The lowest BCUT2D eigenvalue weighted by atomic mass is 9.83. The van der Waals surface area contributed by atoms with Crippen molar-refractivity contribution in [1.29, 1.82) is 0 Å². The van der Waals surface area contributed by atoms with Gasteiger partial charge in [-0.15, -0.1) is 0 Å². The van der Waals surface area contributed by atoms with E-state index < -0.39 is 0 Å². The van der Waals surface area contributed by atoms with Crippen molar-refractivity contribution in [1.82, 2.24) is 4.90 Å². The smallest absolute Gasteiger partial charge is 0.00924 e. The quantitative estimate of drug-likeness (QED) is 0.755. The highest BCUT2D eigenvalue weighted by Gasteiger charge is 2.27. The number of rotatable bonds is 5. The molecule has 1 unspecified atom stereocenters. The van der Waals surface area contributed by atoms with Crippen molar-refractivity contribution < 1.29 is 0 Å². The highest BCUT2D eigenvalue weighted by Crippen LogP contribution is 2.34. The van der Waals surface area contributed by atoms with Crippen LogP contribution in [0.2, 0.25) is 0 Å². The molecule has 0 aliphatic carbocycles. The summed E-state index contributed by atoms with van der Waals surface area (Å²) in [7, 11) is 0. The number of hydrogen-bond acceptors (Lipinski definition) is 1. The maximum absolute atomic E-state index is 2.62. The van der Waals surface area contributed by atoms with Gasteiger partial charge in [0.25, 0.3) is 0 Å². The molecule has 0 saturated carbocycles. The number of hydrogen-bond donors (Lipinski definition) is 0. The Bertz CT molecular complexity index is 521. The van der Waals surface area contributed by atoms with Gasteiger partial charge in [0.15, 0.2) is 0 Å². The van der Waals surface area contributed by atoms with Crippen LogP contribution in [0.4, 0.5) is 0 Å². The van der Waals surface area contributed by atoms with E-state index in [1.54, 1.807) is 0 Å². The zero-order chi connectivity index (χ0) is 15.4. The third kappa shape index (κ3) is 3.59. The largest absolute Gasteiger partial charge is 0.301 e. The van der Waals surface area contributed by atoms with E-state index in [-0.39, 0.29) is 0 Å². The molecule has 0 amide bonds. The molecule has 1 heterocycles. The topological polar surface area (TPSA) is 3.24 Å². The summed E-state index contributed by atoms with van der Waals surface area (Å²) < 4.78 is 0. The van der Waals surface area contributed by atoms with Gasteiger partial charge in [-0.3, -0.25) is 0 Å². The highest BCUT2D eigenvalue weighted by molar-refractivity contribution is 5.32. The molecule has 0 N–H and O–H groups in total. The third-order valence-electron chi connectivity index (χ3n) is 5.02. The van der Waals surface area contributed by atoms with E-state index >= 15 is 0 Å². The van der Waals surface area contributed by atoms with E-state index in [1.165, 1.54) is 37.1 Å². The lowest BCUT2D eigenvalue weighted by molar-refractivity contribution is 0.262. The van der Waals surface area contributed by atoms with Crippen LogP contribution in [0.25, 0.3) is 0 Å². The molecular weight excluding hydrogens is 266 g/mol. The van der Waals surface area contributed by atoms with Gasteiger partial charge < -0.3 is 4.90 Å². The maximum atomic E-state index is 2.62. The van der Waals surface area contributed by atoms with E-state index in [4.69, 9.17) is 0 Å². The van der Waals surface area contributed by atoms with Crippen LogP contribution >= 0.6 is 0 Å². The first-order valence-corrected chi connectivity index (χ1v) is 8.58. The molecule has 1 aliphatic heterocycles. The third-order valence-corrected chi connectivity index (χ3v) is 5.02. The fourth-order valence-corrected chi connectivity index (χ4v) is 3.69. The molecule has 22 heavy (non-hydrogen) atoms. The molecule has 0 radical (unpaired) electrons. The van der Waals surface area contributed by atoms with Crippen LogP contribution < -0.4 is 0 Å². The predicted molar refractivity (Wildman–Crippen MR) is 94.2 cm³/mol. The van der Waals surface area contributed by atoms with E-state index in [1.807, 2.05) is 0 Å². The van der Waals surface area contributed by atoms with E-state index in [0.29, 0.717) is 12.0 Å². The zero-order valence-electron chi connectivity index (χ0n) is 13.8. The monoisotopic (exact) mass is 293 g/mol. The number of nitrogens with zero attached hydrogens (tertiary/aromatic N) is 1. The van der Waals surface area contributed by atoms with Crippen molar-refractivity contribution in [2.45, 2.75) is 38.6 Å². The Balaban J connectivity index is 1.78. The van der Waals surface area contributed by atoms with Crippen molar-refractivity contribution in [3.05, 3.63) is 71.8 Å². The number of likely N-dealkylation sites (tertiary alicyclic amines) is 1. The average Bonchev–Trinajstić information content (AvgIpc) is 3.03. The first kappa shape index (κ1) is 15.3. The summed E-state index contributed by atoms with van der Waals surface area (Å²) >= 11 is 0. The standard InChI is InChI=1S/C21H27N/c1-17(2)22-14-13-18(16-22)15-21(19-9-5-3-6-10-19)20-11-7-4-8-12-20/h3-12,17-18,21H,13-16H2,1-2H3. The van der Waals surface area contributed by atoms with Crippen molar-refractivity contribution in [3.8, 4) is 0 Å². The molecule has 1 heteroatoms. The SMILES string of the molecule is CC(C)N1CCC(CC(c2ccccc2)c2ccccc2)C1. The Morgan fingerprint density at radius 1 is 0.909 bits per heavy atom. The lowest BCUT2D eigenvalue weighted by Gasteiger charge is -2.23. The average molecular weight is 293 g/mol.